The minimum Gasteiger partial charge on any atom is -0.380 e. The number of nitro groups is 1. The first kappa shape index (κ1) is 12.3. The second-order valence-electron chi connectivity index (χ2n) is 4.04. The van der Waals surface area contributed by atoms with Gasteiger partial charge in [0.2, 0.25) is 0 Å². The van der Waals surface area contributed by atoms with E-state index in [4.69, 9.17) is 4.74 Å². The fraction of sp³-hybridized carbons (Fsp3) is 0.250. The van der Waals surface area contributed by atoms with Crippen LogP contribution in [0.4, 0.5) is 5.69 Å². The molecule has 1 aromatic heterocycles. The Labute approximate surface area is 102 Å². The molecular weight excluding hydrogens is 236 g/mol. The first-order valence-corrected chi connectivity index (χ1v) is 5.33. The number of aromatic nitrogens is 1. The Morgan fingerprint density at radius 2 is 2.17 bits per heavy atom. The molecule has 2 aromatic rings. The van der Waals surface area contributed by atoms with E-state index in [9.17, 15) is 14.9 Å². The zero-order valence-corrected chi connectivity index (χ0v) is 10.0. The molecule has 6 heteroatoms. The number of aryl methyl sites for hydroxylation is 1. The van der Waals surface area contributed by atoms with Gasteiger partial charge in [0, 0.05) is 24.9 Å². The molecule has 0 spiro atoms. The fourth-order valence-electron chi connectivity index (χ4n) is 1.90. The Morgan fingerprint density at radius 1 is 1.44 bits per heavy atom. The topological polar surface area (TPSA) is 85.2 Å². The quantitative estimate of drug-likeness (QED) is 0.663. The largest absolute Gasteiger partial charge is 0.380 e. The number of ether oxygens (including phenoxy) is 1. The van der Waals surface area contributed by atoms with Crippen LogP contribution in [0.2, 0.25) is 0 Å². The summed E-state index contributed by atoms with van der Waals surface area (Å²) in [6, 6.07) is 3.08. The van der Waals surface area contributed by atoms with Crippen LogP contribution in [-0.4, -0.2) is 17.0 Å². The third kappa shape index (κ3) is 1.98. The number of nitro benzene ring substituents is 1. The molecule has 1 heterocycles. The lowest BCUT2D eigenvalue weighted by Gasteiger charge is -2.04. The fourth-order valence-corrected chi connectivity index (χ4v) is 1.90. The number of methoxy groups -OCH3 is 1. The summed E-state index contributed by atoms with van der Waals surface area (Å²) < 4.78 is 4.91. The van der Waals surface area contributed by atoms with Gasteiger partial charge >= 0.3 is 0 Å². The van der Waals surface area contributed by atoms with E-state index in [0.717, 1.165) is 0 Å². The molecule has 0 saturated heterocycles. The van der Waals surface area contributed by atoms with Gasteiger partial charge in [-0.2, -0.15) is 0 Å². The Hall–Kier alpha value is -2.21. The number of hydrogen-bond acceptors (Lipinski definition) is 4. The van der Waals surface area contributed by atoms with Crippen LogP contribution < -0.4 is 5.43 Å². The average molecular weight is 248 g/mol. The molecule has 0 fully saturated rings. The van der Waals surface area contributed by atoms with Gasteiger partial charge < -0.3 is 9.72 Å². The number of benzene rings is 1. The Balaban J connectivity index is 2.83. The number of H-pyrrole nitrogens is 1. The van der Waals surface area contributed by atoms with Gasteiger partial charge in [0.05, 0.1) is 16.9 Å². The molecule has 0 amide bonds. The van der Waals surface area contributed by atoms with E-state index in [1.807, 2.05) is 0 Å². The molecule has 0 bridgehead atoms. The standard InChI is InChI=1S/C12H12N2O4/c1-7-3-9-11(10(4-7)14(16)17)13-5-8(6-18-2)12(9)15/h3-5H,6H2,1-2H3,(H,13,15). The third-order valence-corrected chi connectivity index (χ3v) is 2.69. The lowest BCUT2D eigenvalue weighted by molar-refractivity contribution is -0.383. The Morgan fingerprint density at radius 3 is 2.78 bits per heavy atom. The van der Waals surface area contributed by atoms with Crippen LogP contribution >= 0.6 is 0 Å². The number of rotatable bonds is 3. The molecule has 1 N–H and O–H groups in total. The summed E-state index contributed by atoms with van der Waals surface area (Å²) in [6.45, 7) is 1.89. The third-order valence-electron chi connectivity index (χ3n) is 2.69. The maximum absolute atomic E-state index is 12.1. The highest BCUT2D eigenvalue weighted by Crippen LogP contribution is 2.23. The van der Waals surface area contributed by atoms with Crippen molar-refractivity contribution >= 4 is 16.6 Å². The molecule has 0 aliphatic heterocycles. The minimum absolute atomic E-state index is 0.0916. The van der Waals surface area contributed by atoms with Gasteiger partial charge in [-0.3, -0.25) is 14.9 Å². The van der Waals surface area contributed by atoms with Crippen molar-refractivity contribution < 1.29 is 9.66 Å². The van der Waals surface area contributed by atoms with Crippen molar-refractivity contribution in [1.29, 1.82) is 0 Å². The van der Waals surface area contributed by atoms with Crippen molar-refractivity contribution in [2.24, 2.45) is 0 Å². The zero-order chi connectivity index (χ0) is 13.3. The summed E-state index contributed by atoms with van der Waals surface area (Å²) >= 11 is 0. The van der Waals surface area contributed by atoms with Crippen molar-refractivity contribution in [3.8, 4) is 0 Å². The second-order valence-corrected chi connectivity index (χ2v) is 4.04. The van der Waals surface area contributed by atoms with Crippen molar-refractivity contribution in [3.05, 3.63) is 49.8 Å². The second kappa shape index (κ2) is 4.58. The summed E-state index contributed by atoms with van der Waals surface area (Å²) in [7, 11) is 1.49. The van der Waals surface area contributed by atoms with Crippen molar-refractivity contribution in [2.45, 2.75) is 13.5 Å². The number of pyridine rings is 1. The van der Waals surface area contributed by atoms with Gasteiger partial charge in [-0.25, -0.2) is 0 Å². The van der Waals surface area contributed by atoms with E-state index in [2.05, 4.69) is 4.98 Å². The highest BCUT2D eigenvalue weighted by atomic mass is 16.6. The number of aromatic amines is 1. The predicted octanol–water partition coefficient (Wildman–Crippen LogP) is 1.89. The van der Waals surface area contributed by atoms with E-state index in [0.29, 0.717) is 16.5 Å². The molecule has 0 aliphatic carbocycles. The molecule has 94 valence electrons. The normalized spacial score (nSPS) is 10.8. The van der Waals surface area contributed by atoms with Gasteiger partial charge in [-0.15, -0.1) is 0 Å². The highest BCUT2D eigenvalue weighted by Gasteiger charge is 2.16. The molecule has 18 heavy (non-hydrogen) atoms. The molecular formula is C12H12N2O4. The van der Waals surface area contributed by atoms with E-state index in [1.165, 1.54) is 19.4 Å². The summed E-state index contributed by atoms with van der Waals surface area (Å²) in [5, 5.41) is 11.3. The number of nitrogens with one attached hydrogen (secondary N) is 1. The monoisotopic (exact) mass is 248 g/mol. The van der Waals surface area contributed by atoms with Crippen LogP contribution in [0.15, 0.2) is 23.1 Å². The van der Waals surface area contributed by atoms with Gasteiger partial charge in [-0.05, 0) is 18.6 Å². The predicted molar refractivity (Wildman–Crippen MR) is 66.7 cm³/mol. The van der Waals surface area contributed by atoms with E-state index >= 15 is 0 Å². The summed E-state index contributed by atoms with van der Waals surface area (Å²) in [4.78, 5) is 25.4. The number of nitrogens with zero attached hydrogens (tertiary/aromatic N) is 1. The SMILES string of the molecule is COCc1c[nH]c2c([N+](=O)[O-])cc(C)cc2c1=O. The van der Waals surface area contributed by atoms with Crippen LogP contribution in [0, 0.1) is 17.0 Å². The zero-order valence-electron chi connectivity index (χ0n) is 10.0. The maximum Gasteiger partial charge on any atom is 0.293 e. The molecule has 2 rings (SSSR count). The van der Waals surface area contributed by atoms with Crippen molar-refractivity contribution in [2.75, 3.05) is 7.11 Å². The molecule has 0 atom stereocenters. The molecule has 0 saturated carbocycles. The van der Waals surface area contributed by atoms with Gasteiger partial charge in [0.1, 0.15) is 5.52 Å². The lowest BCUT2D eigenvalue weighted by atomic mass is 10.1. The molecule has 1 aromatic carbocycles. The van der Waals surface area contributed by atoms with Crippen molar-refractivity contribution in [1.82, 2.24) is 4.98 Å². The van der Waals surface area contributed by atoms with Crippen LogP contribution in [0.5, 0.6) is 0 Å². The molecule has 0 unspecified atom stereocenters. The Kier molecular flexibility index (Phi) is 3.12. The van der Waals surface area contributed by atoms with Gasteiger partial charge in [0.15, 0.2) is 5.43 Å². The van der Waals surface area contributed by atoms with Gasteiger partial charge in [0.25, 0.3) is 5.69 Å². The smallest absolute Gasteiger partial charge is 0.293 e. The lowest BCUT2D eigenvalue weighted by Crippen LogP contribution is -2.11. The first-order chi connectivity index (χ1) is 8.54. The summed E-state index contributed by atoms with van der Waals surface area (Å²) in [6.07, 6.45) is 1.45. The molecule has 0 aliphatic rings. The van der Waals surface area contributed by atoms with Crippen LogP contribution in [-0.2, 0) is 11.3 Å². The Bertz CT molecular complexity index is 676. The minimum atomic E-state index is -0.499. The van der Waals surface area contributed by atoms with Crippen LogP contribution in [0.25, 0.3) is 10.9 Å². The summed E-state index contributed by atoms with van der Waals surface area (Å²) in [5.41, 5.74) is 1.04. The molecule has 6 nitrogen and oxygen atoms in total. The highest BCUT2D eigenvalue weighted by molar-refractivity contribution is 5.88. The van der Waals surface area contributed by atoms with Gasteiger partial charge in [-0.1, -0.05) is 0 Å². The van der Waals surface area contributed by atoms with E-state index in [-0.39, 0.29) is 23.2 Å². The van der Waals surface area contributed by atoms with E-state index in [1.54, 1.807) is 13.0 Å². The number of non-ortho nitro benzene ring substituents is 1. The average Bonchev–Trinajstić information content (AvgIpc) is 2.32. The van der Waals surface area contributed by atoms with Crippen LogP contribution in [0.1, 0.15) is 11.1 Å². The van der Waals surface area contributed by atoms with Crippen molar-refractivity contribution in [3.63, 3.8) is 0 Å². The van der Waals surface area contributed by atoms with Crippen LogP contribution in [0.3, 0.4) is 0 Å². The first-order valence-electron chi connectivity index (χ1n) is 5.33. The summed E-state index contributed by atoms with van der Waals surface area (Å²) in [5.74, 6) is 0. The number of fused-ring (bicyclic) bond motifs is 1. The number of hydrogen-bond donors (Lipinski definition) is 1. The van der Waals surface area contributed by atoms with E-state index < -0.39 is 4.92 Å². The molecule has 0 radical (unpaired) electrons. The maximum atomic E-state index is 12.1.